The number of rotatable bonds is 4. The zero-order chi connectivity index (χ0) is 20.1. The fraction of sp³-hybridized carbons (Fsp3) is 0.500. The molecule has 4 rings (SSSR count). The van der Waals surface area contributed by atoms with Crippen LogP contribution in [0.5, 0.6) is 0 Å². The Kier molecular flexibility index (Phi) is 4.52. The Morgan fingerprint density at radius 2 is 1.93 bits per heavy atom. The number of para-hydroxylation sites is 2. The van der Waals surface area contributed by atoms with Gasteiger partial charge in [-0.2, -0.15) is 0 Å². The molecule has 0 aliphatic carbocycles. The van der Waals surface area contributed by atoms with Crippen molar-refractivity contribution in [3.05, 3.63) is 47.1 Å². The van der Waals surface area contributed by atoms with Gasteiger partial charge in [0.25, 0.3) is 0 Å². The molecule has 1 amide bonds. The molecule has 1 aromatic carbocycles. The quantitative estimate of drug-likeness (QED) is 0.687. The number of hydrogen-bond acceptors (Lipinski definition) is 4. The zero-order valence-electron chi connectivity index (χ0n) is 17.3. The van der Waals surface area contributed by atoms with E-state index in [-0.39, 0.29) is 17.4 Å². The highest BCUT2D eigenvalue weighted by Gasteiger charge is 2.36. The zero-order valence-corrected chi connectivity index (χ0v) is 17.3. The number of nitrogens with zero attached hydrogens (tertiary/aromatic N) is 4. The standard InChI is InChI=1S/C22H28N4O2/c1-14-17(15(2)28-24-14)10-11-20(27)25-12-16(13-25)26-19-9-7-6-8-18(19)23-21(26)22(3,4)5/h6-9,16H,10-13H2,1-5H3. The van der Waals surface area contributed by atoms with E-state index in [1.807, 2.05) is 24.8 Å². The summed E-state index contributed by atoms with van der Waals surface area (Å²) < 4.78 is 7.54. The van der Waals surface area contributed by atoms with E-state index in [0.717, 1.165) is 47.0 Å². The normalized spacial score (nSPS) is 15.2. The summed E-state index contributed by atoms with van der Waals surface area (Å²) >= 11 is 0. The summed E-state index contributed by atoms with van der Waals surface area (Å²) in [5.41, 5.74) is 4.07. The van der Waals surface area contributed by atoms with E-state index >= 15 is 0 Å². The van der Waals surface area contributed by atoms with Crippen LogP contribution in [0.2, 0.25) is 0 Å². The minimum Gasteiger partial charge on any atom is -0.361 e. The van der Waals surface area contributed by atoms with Crippen molar-refractivity contribution in [1.29, 1.82) is 0 Å². The fourth-order valence-electron chi connectivity index (χ4n) is 4.01. The smallest absolute Gasteiger partial charge is 0.223 e. The van der Waals surface area contributed by atoms with E-state index in [2.05, 4.69) is 48.7 Å². The minimum atomic E-state index is -0.0488. The summed E-state index contributed by atoms with van der Waals surface area (Å²) in [5, 5.41) is 3.97. The monoisotopic (exact) mass is 380 g/mol. The lowest BCUT2D eigenvalue weighted by Gasteiger charge is -2.42. The summed E-state index contributed by atoms with van der Waals surface area (Å²) in [6.07, 6.45) is 1.18. The van der Waals surface area contributed by atoms with Crippen LogP contribution in [0, 0.1) is 13.8 Å². The fourth-order valence-corrected chi connectivity index (χ4v) is 4.01. The molecule has 6 nitrogen and oxygen atoms in total. The Bertz CT molecular complexity index is 1000. The van der Waals surface area contributed by atoms with Gasteiger partial charge in [0, 0.05) is 30.5 Å². The predicted octanol–water partition coefficient (Wildman–Crippen LogP) is 3.95. The van der Waals surface area contributed by atoms with Crippen molar-refractivity contribution in [3.63, 3.8) is 0 Å². The number of likely N-dealkylation sites (tertiary alicyclic amines) is 1. The molecule has 0 atom stereocenters. The molecule has 1 saturated heterocycles. The first kappa shape index (κ1) is 18.7. The maximum absolute atomic E-state index is 12.7. The van der Waals surface area contributed by atoms with E-state index in [1.165, 1.54) is 0 Å². The number of aromatic nitrogens is 3. The molecule has 0 bridgehead atoms. The predicted molar refractivity (Wildman–Crippen MR) is 108 cm³/mol. The maximum Gasteiger partial charge on any atom is 0.223 e. The van der Waals surface area contributed by atoms with Gasteiger partial charge in [-0.05, 0) is 32.4 Å². The molecule has 1 aliphatic heterocycles. The van der Waals surface area contributed by atoms with Crippen molar-refractivity contribution >= 4 is 16.9 Å². The number of imidazole rings is 1. The maximum atomic E-state index is 12.7. The van der Waals surface area contributed by atoms with Crippen molar-refractivity contribution < 1.29 is 9.32 Å². The lowest BCUT2D eigenvalue weighted by Crippen LogP contribution is -2.51. The van der Waals surface area contributed by atoms with Crippen LogP contribution in [0.25, 0.3) is 11.0 Å². The van der Waals surface area contributed by atoms with Gasteiger partial charge in [0.05, 0.1) is 22.8 Å². The highest BCUT2D eigenvalue weighted by Crippen LogP contribution is 2.33. The summed E-state index contributed by atoms with van der Waals surface area (Å²) in [6.45, 7) is 11.9. The third-order valence-corrected chi connectivity index (χ3v) is 5.62. The Balaban J connectivity index is 1.47. The molecule has 1 aliphatic rings. The molecule has 1 fully saturated rings. The number of fused-ring (bicyclic) bond motifs is 1. The number of benzene rings is 1. The van der Waals surface area contributed by atoms with Gasteiger partial charge in [-0.15, -0.1) is 0 Å². The highest BCUT2D eigenvalue weighted by atomic mass is 16.5. The highest BCUT2D eigenvalue weighted by molar-refractivity contribution is 5.79. The molecule has 3 aromatic rings. The Morgan fingerprint density at radius 3 is 2.57 bits per heavy atom. The number of amides is 1. The first-order chi connectivity index (χ1) is 13.3. The van der Waals surface area contributed by atoms with E-state index in [9.17, 15) is 4.79 Å². The van der Waals surface area contributed by atoms with Crippen molar-refractivity contribution in [1.82, 2.24) is 19.6 Å². The van der Waals surface area contributed by atoms with E-state index in [0.29, 0.717) is 12.8 Å². The van der Waals surface area contributed by atoms with Crippen LogP contribution in [-0.2, 0) is 16.6 Å². The Labute approximate surface area is 165 Å². The Morgan fingerprint density at radius 1 is 1.21 bits per heavy atom. The second-order valence-corrected chi connectivity index (χ2v) is 8.80. The van der Waals surface area contributed by atoms with Crippen molar-refractivity contribution in [2.24, 2.45) is 0 Å². The molecule has 0 unspecified atom stereocenters. The van der Waals surface area contributed by atoms with Crippen molar-refractivity contribution in [2.45, 2.75) is 58.9 Å². The van der Waals surface area contributed by atoms with Crippen LogP contribution in [-0.4, -0.2) is 38.6 Å². The third-order valence-electron chi connectivity index (χ3n) is 5.62. The molecule has 2 aromatic heterocycles. The molecule has 0 spiro atoms. The summed E-state index contributed by atoms with van der Waals surface area (Å²) in [6, 6.07) is 8.55. The van der Waals surface area contributed by atoms with E-state index < -0.39 is 0 Å². The van der Waals surface area contributed by atoms with Gasteiger partial charge in [0.1, 0.15) is 11.6 Å². The lowest BCUT2D eigenvalue weighted by atomic mass is 9.94. The summed E-state index contributed by atoms with van der Waals surface area (Å²) in [7, 11) is 0. The minimum absolute atomic E-state index is 0.0488. The molecule has 0 radical (unpaired) electrons. The van der Waals surface area contributed by atoms with Crippen LogP contribution in [0.1, 0.15) is 56.1 Å². The van der Waals surface area contributed by atoms with E-state index in [1.54, 1.807) is 0 Å². The van der Waals surface area contributed by atoms with Crippen LogP contribution >= 0.6 is 0 Å². The van der Waals surface area contributed by atoms with Gasteiger partial charge < -0.3 is 14.0 Å². The Hall–Kier alpha value is -2.63. The van der Waals surface area contributed by atoms with Crippen LogP contribution in [0.3, 0.4) is 0 Å². The summed E-state index contributed by atoms with van der Waals surface area (Å²) in [4.78, 5) is 19.5. The molecular formula is C22H28N4O2. The van der Waals surface area contributed by atoms with Crippen LogP contribution < -0.4 is 0 Å². The van der Waals surface area contributed by atoms with Gasteiger partial charge in [-0.1, -0.05) is 38.1 Å². The average Bonchev–Trinajstić information content (AvgIpc) is 3.13. The number of carbonyl (C=O) groups is 1. The van der Waals surface area contributed by atoms with Gasteiger partial charge in [0.15, 0.2) is 0 Å². The second-order valence-electron chi connectivity index (χ2n) is 8.80. The number of hydrogen-bond donors (Lipinski definition) is 0. The average molecular weight is 380 g/mol. The largest absolute Gasteiger partial charge is 0.361 e. The van der Waals surface area contributed by atoms with Gasteiger partial charge in [0.2, 0.25) is 5.91 Å². The lowest BCUT2D eigenvalue weighted by molar-refractivity contribution is -0.136. The number of aryl methyl sites for hydroxylation is 2. The molecule has 3 heterocycles. The second kappa shape index (κ2) is 6.76. The first-order valence-corrected chi connectivity index (χ1v) is 9.92. The van der Waals surface area contributed by atoms with Crippen molar-refractivity contribution in [3.8, 4) is 0 Å². The molecule has 0 N–H and O–H groups in total. The van der Waals surface area contributed by atoms with Gasteiger partial charge in [-0.25, -0.2) is 4.98 Å². The molecule has 148 valence electrons. The first-order valence-electron chi connectivity index (χ1n) is 9.92. The molecule has 28 heavy (non-hydrogen) atoms. The van der Waals surface area contributed by atoms with Crippen LogP contribution in [0.15, 0.2) is 28.8 Å². The van der Waals surface area contributed by atoms with E-state index in [4.69, 9.17) is 9.51 Å². The third kappa shape index (κ3) is 3.21. The number of carbonyl (C=O) groups excluding carboxylic acids is 1. The SMILES string of the molecule is Cc1noc(C)c1CCC(=O)N1CC(n2c(C(C)(C)C)nc3ccccc32)C1. The van der Waals surface area contributed by atoms with Crippen molar-refractivity contribution in [2.75, 3.05) is 13.1 Å². The molecular weight excluding hydrogens is 352 g/mol. The van der Waals surface area contributed by atoms with Gasteiger partial charge >= 0.3 is 0 Å². The molecule has 0 saturated carbocycles. The van der Waals surface area contributed by atoms with Gasteiger partial charge in [-0.3, -0.25) is 4.79 Å². The summed E-state index contributed by atoms with van der Waals surface area (Å²) in [5.74, 6) is 2.09. The topological polar surface area (TPSA) is 64.2 Å². The van der Waals surface area contributed by atoms with Crippen LogP contribution in [0.4, 0.5) is 0 Å². The molecule has 6 heteroatoms.